The van der Waals surface area contributed by atoms with Crippen LogP contribution in [0.1, 0.15) is 23.3 Å². The third-order valence-corrected chi connectivity index (χ3v) is 4.15. The van der Waals surface area contributed by atoms with E-state index in [1.807, 2.05) is 0 Å². The third kappa shape index (κ3) is 4.49. The first-order valence-electron chi connectivity index (χ1n) is 8.36. The summed E-state index contributed by atoms with van der Waals surface area (Å²) in [4.78, 5) is 28.8. The molecule has 1 fully saturated rings. The van der Waals surface area contributed by atoms with Gasteiger partial charge in [0.1, 0.15) is 34.9 Å². The van der Waals surface area contributed by atoms with Crippen LogP contribution in [0.15, 0.2) is 36.5 Å². The van der Waals surface area contributed by atoms with Gasteiger partial charge in [-0.2, -0.15) is 0 Å². The minimum atomic E-state index is -0.844. The Morgan fingerprint density at radius 2 is 2.00 bits per heavy atom. The zero-order valence-electron chi connectivity index (χ0n) is 14.3. The fraction of sp³-hybridized carbons (Fsp3) is 0.278. The van der Waals surface area contributed by atoms with Gasteiger partial charge in [-0.3, -0.25) is 9.78 Å². The number of aromatic nitrogens is 1. The summed E-state index contributed by atoms with van der Waals surface area (Å²) in [5, 5.41) is 2.27. The van der Waals surface area contributed by atoms with E-state index in [2.05, 4.69) is 10.3 Å². The summed E-state index contributed by atoms with van der Waals surface area (Å²) in [5.74, 6) is -1.95. The van der Waals surface area contributed by atoms with Crippen LogP contribution in [0.5, 0.6) is 5.75 Å². The number of piperidine rings is 1. The van der Waals surface area contributed by atoms with E-state index in [1.165, 1.54) is 23.2 Å². The summed E-state index contributed by atoms with van der Waals surface area (Å²) in [6.07, 6.45) is 2.42. The largest absolute Gasteiger partial charge is 0.488 e. The molecule has 0 bridgehead atoms. The molecule has 1 aromatic heterocycles. The van der Waals surface area contributed by atoms with E-state index in [4.69, 9.17) is 10.5 Å². The maximum absolute atomic E-state index is 13.7. The van der Waals surface area contributed by atoms with Crippen LogP contribution in [0.3, 0.4) is 0 Å². The van der Waals surface area contributed by atoms with Crippen LogP contribution in [0, 0.1) is 11.6 Å². The van der Waals surface area contributed by atoms with Crippen molar-refractivity contribution in [1.29, 1.82) is 0 Å². The number of halogens is 2. The lowest BCUT2D eigenvalue weighted by atomic mass is 10.1. The Morgan fingerprint density at radius 3 is 2.70 bits per heavy atom. The Kier molecular flexibility index (Phi) is 5.49. The third-order valence-electron chi connectivity index (χ3n) is 4.15. The number of hydrogen-bond donors (Lipinski definition) is 2. The lowest BCUT2D eigenvalue weighted by molar-refractivity contribution is 0.0988. The number of carbonyl (C=O) groups excluding carboxylic acids is 2. The molecule has 1 atom stereocenters. The molecule has 2 aromatic rings. The highest BCUT2D eigenvalue weighted by atomic mass is 19.1. The van der Waals surface area contributed by atoms with Crippen molar-refractivity contribution < 1.29 is 23.1 Å². The molecule has 7 nitrogen and oxygen atoms in total. The Hall–Kier alpha value is -3.23. The number of urea groups is 1. The SMILES string of the molecule is NC(=O)c1cc(OC2CCCN(C(=O)Nc3c(F)cccc3F)C2)ccn1. The van der Waals surface area contributed by atoms with Crippen LogP contribution in [0.2, 0.25) is 0 Å². The lowest BCUT2D eigenvalue weighted by Crippen LogP contribution is -2.46. The second-order valence-corrected chi connectivity index (χ2v) is 6.10. The fourth-order valence-electron chi connectivity index (χ4n) is 2.83. The number of nitrogens with two attached hydrogens (primary N) is 1. The molecule has 0 spiro atoms. The Labute approximate surface area is 154 Å². The van der Waals surface area contributed by atoms with Gasteiger partial charge in [0.05, 0.1) is 6.54 Å². The molecule has 142 valence electrons. The number of ether oxygens (including phenoxy) is 1. The number of nitrogens with one attached hydrogen (secondary N) is 1. The standard InChI is InChI=1S/C18H18F2N4O3/c19-13-4-1-5-14(20)16(13)23-18(26)24-8-2-3-12(10-24)27-11-6-7-22-15(9-11)17(21)25/h1,4-7,9,12H,2-3,8,10H2,(H2,21,25)(H,23,26). The van der Waals surface area contributed by atoms with Crippen LogP contribution in [0.4, 0.5) is 19.3 Å². The average molecular weight is 376 g/mol. The molecule has 3 N–H and O–H groups in total. The molecular weight excluding hydrogens is 358 g/mol. The number of rotatable bonds is 4. The minimum Gasteiger partial charge on any atom is -0.488 e. The lowest BCUT2D eigenvalue weighted by Gasteiger charge is -2.33. The highest BCUT2D eigenvalue weighted by molar-refractivity contribution is 5.91. The van der Waals surface area contributed by atoms with Gasteiger partial charge in [-0.1, -0.05) is 6.07 Å². The number of likely N-dealkylation sites (tertiary alicyclic amines) is 1. The number of nitrogens with zero attached hydrogens (tertiary/aromatic N) is 2. The molecule has 1 aliphatic heterocycles. The zero-order chi connectivity index (χ0) is 19.4. The molecule has 1 saturated heterocycles. The van der Waals surface area contributed by atoms with Gasteiger partial charge in [0.2, 0.25) is 0 Å². The summed E-state index contributed by atoms with van der Waals surface area (Å²) >= 11 is 0. The summed E-state index contributed by atoms with van der Waals surface area (Å²) in [5.41, 5.74) is 4.79. The van der Waals surface area contributed by atoms with Gasteiger partial charge in [0.25, 0.3) is 5.91 Å². The van der Waals surface area contributed by atoms with E-state index >= 15 is 0 Å². The topological polar surface area (TPSA) is 97.6 Å². The van der Waals surface area contributed by atoms with E-state index in [0.717, 1.165) is 12.1 Å². The van der Waals surface area contributed by atoms with Crippen LogP contribution in [-0.4, -0.2) is 41.0 Å². The van der Waals surface area contributed by atoms with Crippen molar-refractivity contribution >= 4 is 17.6 Å². The molecule has 3 amide bonds. The second-order valence-electron chi connectivity index (χ2n) is 6.10. The number of benzene rings is 1. The fourth-order valence-corrected chi connectivity index (χ4v) is 2.83. The van der Waals surface area contributed by atoms with Gasteiger partial charge in [-0.25, -0.2) is 13.6 Å². The highest BCUT2D eigenvalue weighted by Gasteiger charge is 2.26. The van der Waals surface area contributed by atoms with Gasteiger partial charge in [0.15, 0.2) is 0 Å². The number of para-hydroxylation sites is 1. The molecule has 0 saturated carbocycles. The van der Waals surface area contributed by atoms with Gasteiger partial charge in [-0.05, 0) is 31.0 Å². The Morgan fingerprint density at radius 1 is 1.26 bits per heavy atom. The molecule has 9 heteroatoms. The van der Waals surface area contributed by atoms with Crippen molar-refractivity contribution in [2.45, 2.75) is 18.9 Å². The number of anilines is 1. The molecule has 2 heterocycles. The van der Waals surface area contributed by atoms with Gasteiger partial charge < -0.3 is 20.7 Å². The summed E-state index contributed by atoms with van der Waals surface area (Å²) in [6, 6.07) is 5.76. The van der Waals surface area contributed by atoms with E-state index in [-0.39, 0.29) is 18.3 Å². The summed E-state index contributed by atoms with van der Waals surface area (Å²) in [7, 11) is 0. The summed E-state index contributed by atoms with van der Waals surface area (Å²) < 4.78 is 33.2. The first-order valence-corrected chi connectivity index (χ1v) is 8.36. The highest BCUT2D eigenvalue weighted by Crippen LogP contribution is 2.22. The van der Waals surface area contributed by atoms with Gasteiger partial charge in [0, 0.05) is 18.8 Å². The first kappa shape index (κ1) is 18.6. The maximum atomic E-state index is 13.7. The number of pyridine rings is 1. The van der Waals surface area contributed by atoms with E-state index in [1.54, 1.807) is 6.07 Å². The van der Waals surface area contributed by atoms with Crippen molar-refractivity contribution in [2.75, 3.05) is 18.4 Å². The van der Waals surface area contributed by atoms with Crippen molar-refractivity contribution in [1.82, 2.24) is 9.88 Å². The molecule has 27 heavy (non-hydrogen) atoms. The van der Waals surface area contributed by atoms with Crippen LogP contribution in [0.25, 0.3) is 0 Å². The molecule has 1 aromatic carbocycles. The van der Waals surface area contributed by atoms with Crippen molar-refractivity contribution in [3.63, 3.8) is 0 Å². The molecular formula is C18H18F2N4O3. The van der Waals surface area contributed by atoms with E-state index < -0.39 is 29.3 Å². The summed E-state index contributed by atoms with van der Waals surface area (Å²) in [6.45, 7) is 0.667. The Balaban J connectivity index is 1.64. The second kappa shape index (κ2) is 7.98. The average Bonchev–Trinajstić information content (AvgIpc) is 2.65. The normalized spacial score (nSPS) is 16.7. The van der Waals surface area contributed by atoms with E-state index in [0.29, 0.717) is 25.1 Å². The number of primary amides is 1. The van der Waals surface area contributed by atoms with Crippen LogP contribution >= 0.6 is 0 Å². The van der Waals surface area contributed by atoms with Crippen LogP contribution < -0.4 is 15.8 Å². The minimum absolute atomic E-state index is 0.0768. The first-order chi connectivity index (χ1) is 12.9. The van der Waals surface area contributed by atoms with E-state index in [9.17, 15) is 18.4 Å². The number of amides is 3. The predicted octanol–water partition coefficient (Wildman–Crippen LogP) is 2.53. The number of hydrogen-bond acceptors (Lipinski definition) is 4. The van der Waals surface area contributed by atoms with Crippen molar-refractivity contribution in [3.05, 3.63) is 53.9 Å². The molecule has 0 aliphatic carbocycles. The van der Waals surface area contributed by atoms with Gasteiger partial charge in [-0.15, -0.1) is 0 Å². The Bertz CT molecular complexity index is 842. The molecule has 1 aliphatic rings. The predicted molar refractivity (Wildman–Crippen MR) is 93.4 cm³/mol. The quantitative estimate of drug-likeness (QED) is 0.857. The monoisotopic (exact) mass is 376 g/mol. The zero-order valence-corrected chi connectivity index (χ0v) is 14.3. The molecule has 0 radical (unpaired) electrons. The maximum Gasteiger partial charge on any atom is 0.322 e. The van der Waals surface area contributed by atoms with Crippen molar-refractivity contribution in [2.24, 2.45) is 5.73 Å². The smallest absolute Gasteiger partial charge is 0.322 e. The van der Waals surface area contributed by atoms with Crippen molar-refractivity contribution in [3.8, 4) is 5.75 Å². The molecule has 3 rings (SSSR count). The number of carbonyl (C=O) groups is 2. The van der Waals surface area contributed by atoms with Crippen LogP contribution in [-0.2, 0) is 0 Å². The molecule has 1 unspecified atom stereocenters. The van der Waals surface area contributed by atoms with Gasteiger partial charge >= 0.3 is 6.03 Å².